The van der Waals surface area contributed by atoms with Crippen molar-refractivity contribution in [2.75, 3.05) is 13.1 Å². The molecule has 0 aliphatic rings. The van der Waals surface area contributed by atoms with Crippen LogP contribution in [0.3, 0.4) is 0 Å². The Morgan fingerprint density at radius 2 is 2.05 bits per heavy atom. The lowest BCUT2D eigenvalue weighted by atomic mass is 9.81. The van der Waals surface area contributed by atoms with E-state index in [0.717, 1.165) is 0 Å². The summed E-state index contributed by atoms with van der Waals surface area (Å²) in [6.07, 6.45) is -1.13. The minimum atomic E-state index is -1.13. The topological polar surface area (TPSA) is 75.3 Å². The van der Waals surface area contributed by atoms with Crippen molar-refractivity contribution in [3.05, 3.63) is 34.9 Å². The van der Waals surface area contributed by atoms with Crippen LogP contribution < -0.4 is 11.1 Å². The molecule has 1 amide bonds. The van der Waals surface area contributed by atoms with E-state index in [1.165, 1.54) is 16.7 Å². The number of rotatable bonds is 5. The largest absolute Gasteiger partial charge is 0.382 e. The number of hydrogen-bond donors (Lipinski definition) is 3. The van der Waals surface area contributed by atoms with Gasteiger partial charge in [-0.1, -0.05) is 37.6 Å². The number of carbonyl (C=O) groups excluding carboxylic acids is 1. The summed E-state index contributed by atoms with van der Waals surface area (Å²) in [5.41, 5.74) is 8.68. The number of aliphatic hydroxyl groups is 1. The van der Waals surface area contributed by atoms with Crippen LogP contribution in [0, 0.1) is 13.8 Å². The van der Waals surface area contributed by atoms with Crippen LogP contribution in [0.4, 0.5) is 0 Å². The molecule has 1 atom stereocenters. The number of carbonyl (C=O) groups is 1. The molecule has 0 saturated carbocycles. The molecule has 0 radical (unpaired) electrons. The average Bonchev–Trinajstić information content (AvgIpc) is 2.34. The molecule has 0 aromatic heterocycles. The fourth-order valence-electron chi connectivity index (χ4n) is 2.20. The van der Waals surface area contributed by atoms with E-state index in [4.69, 9.17) is 5.73 Å². The summed E-state index contributed by atoms with van der Waals surface area (Å²) < 4.78 is 0. The van der Waals surface area contributed by atoms with Crippen molar-refractivity contribution in [2.45, 2.75) is 39.2 Å². The molecule has 4 heteroatoms. The third-order valence-electron chi connectivity index (χ3n) is 3.34. The van der Waals surface area contributed by atoms with Crippen LogP contribution in [0.15, 0.2) is 18.2 Å². The van der Waals surface area contributed by atoms with Crippen LogP contribution in [0.25, 0.3) is 0 Å². The van der Waals surface area contributed by atoms with Gasteiger partial charge in [-0.2, -0.15) is 0 Å². The molecule has 0 saturated heterocycles. The first-order chi connectivity index (χ1) is 8.77. The van der Waals surface area contributed by atoms with Crippen LogP contribution in [-0.2, 0) is 10.2 Å². The van der Waals surface area contributed by atoms with E-state index in [0.29, 0.717) is 6.54 Å². The van der Waals surface area contributed by atoms with Gasteiger partial charge in [0.1, 0.15) is 6.10 Å². The molecule has 19 heavy (non-hydrogen) atoms. The second kappa shape index (κ2) is 6.17. The normalized spacial score (nSPS) is 13.2. The SMILES string of the molecule is Cc1ccc(C(C)(C)CNC(=O)C(O)CN)c(C)c1. The first kappa shape index (κ1) is 15.7. The van der Waals surface area contributed by atoms with E-state index in [9.17, 15) is 9.90 Å². The average molecular weight is 264 g/mol. The summed E-state index contributed by atoms with van der Waals surface area (Å²) in [5, 5.41) is 12.1. The molecule has 4 N–H and O–H groups in total. The Kier molecular flexibility index (Phi) is 5.09. The zero-order valence-electron chi connectivity index (χ0n) is 12.2. The summed E-state index contributed by atoms with van der Waals surface area (Å²) in [4.78, 5) is 11.5. The molecule has 0 bridgehead atoms. The molecule has 1 aromatic carbocycles. The third-order valence-corrected chi connectivity index (χ3v) is 3.34. The summed E-state index contributed by atoms with van der Waals surface area (Å²) in [5.74, 6) is -0.416. The molecule has 0 aliphatic heterocycles. The Morgan fingerprint density at radius 3 is 2.58 bits per heavy atom. The van der Waals surface area contributed by atoms with Crippen molar-refractivity contribution in [3.8, 4) is 0 Å². The van der Waals surface area contributed by atoms with Crippen LogP contribution in [0.2, 0.25) is 0 Å². The molecule has 0 spiro atoms. The highest BCUT2D eigenvalue weighted by molar-refractivity contribution is 5.80. The van der Waals surface area contributed by atoms with Crippen molar-refractivity contribution in [1.82, 2.24) is 5.32 Å². The van der Waals surface area contributed by atoms with Gasteiger partial charge in [0.25, 0.3) is 0 Å². The van der Waals surface area contributed by atoms with E-state index < -0.39 is 12.0 Å². The van der Waals surface area contributed by atoms with Crippen molar-refractivity contribution in [2.24, 2.45) is 5.73 Å². The van der Waals surface area contributed by atoms with Gasteiger partial charge in [0.05, 0.1) is 0 Å². The maximum absolute atomic E-state index is 11.5. The number of hydrogen-bond acceptors (Lipinski definition) is 3. The number of aliphatic hydroxyl groups excluding tert-OH is 1. The van der Waals surface area contributed by atoms with Gasteiger partial charge in [-0.25, -0.2) is 0 Å². The van der Waals surface area contributed by atoms with E-state index in [-0.39, 0.29) is 12.0 Å². The molecule has 106 valence electrons. The summed E-state index contributed by atoms with van der Waals surface area (Å²) in [6.45, 7) is 8.67. The lowest BCUT2D eigenvalue weighted by Crippen LogP contribution is -2.44. The monoisotopic (exact) mass is 264 g/mol. The molecule has 0 fully saturated rings. The fourth-order valence-corrected chi connectivity index (χ4v) is 2.20. The van der Waals surface area contributed by atoms with Gasteiger partial charge in [-0.3, -0.25) is 4.79 Å². The number of benzene rings is 1. The minimum absolute atomic E-state index is 0.0597. The highest BCUT2D eigenvalue weighted by Gasteiger charge is 2.24. The van der Waals surface area contributed by atoms with Crippen LogP contribution in [0.1, 0.15) is 30.5 Å². The zero-order valence-corrected chi connectivity index (χ0v) is 12.2. The predicted molar refractivity (Wildman–Crippen MR) is 77.0 cm³/mol. The number of aryl methyl sites for hydroxylation is 2. The van der Waals surface area contributed by atoms with Gasteiger partial charge in [0, 0.05) is 18.5 Å². The second-order valence-electron chi connectivity index (χ2n) is 5.67. The summed E-state index contributed by atoms with van der Waals surface area (Å²) >= 11 is 0. The van der Waals surface area contributed by atoms with E-state index in [2.05, 4.69) is 51.2 Å². The van der Waals surface area contributed by atoms with Crippen molar-refractivity contribution < 1.29 is 9.90 Å². The van der Waals surface area contributed by atoms with Gasteiger partial charge in [-0.05, 0) is 25.0 Å². The van der Waals surface area contributed by atoms with Gasteiger partial charge in [0.2, 0.25) is 5.91 Å². The predicted octanol–water partition coefficient (Wildman–Crippen LogP) is 1.02. The van der Waals surface area contributed by atoms with Gasteiger partial charge >= 0.3 is 0 Å². The second-order valence-corrected chi connectivity index (χ2v) is 5.67. The molecule has 0 aliphatic carbocycles. The van der Waals surface area contributed by atoms with Crippen LogP contribution in [-0.4, -0.2) is 30.2 Å². The van der Waals surface area contributed by atoms with Gasteiger partial charge < -0.3 is 16.2 Å². The maximum atomic E-state index is 11.5. The van der Waals surface area contributed by atoms with Crippen molar-refractivity contribution in [1.29, 1.82) is 0 Å². The Morgan fingerprint density at radius 1 is 1.42 bits per heavy atom. The number of nitrogens with two attached hydrogens (primary N) is 1. The molecular weight excluding hydrogens is 240 g/mol. The van der Waals surface area contributed by atoms with Crippen LogP contribution in [0.5, 0.6) is 0 Å². The van der Waals surface area contributed by atoms with E-state index >= 15 is 0 Å². The summed E-state index contributed by atoms with van der Waals surface area (Å²) in [7, 11) is 0. The minimum Gasteiger partial charge on any atom is -0.382 e. The van der Waals surface area contributed by atoms with E-state index in [1.807, 2.05) is 0 Å². The molecular formula is C15H24N2O2. The highest BCUT2D eigenvalue weighted by Crippen LogP contribution is 2.26. The van der Waals surface area contributed by atoms with Gasteiger partial charge in [0.15, 0.2) is 0 Å². The standard InChI is InChI=1S/C15H24N2O2/c1-10-5-6-12(11(2)7-10)15(3,4)9-17-14(19)13(18)8-16/h5-7,13,18H,8-9,16H2,1-4H3,(H,17,19). The van der Waals surface area contributed by atoms with E-state index in [1.54, 1.807) is 0 Å². The maximum Gasteiger partial charge on any atom is 0.250 e. The summed E-state index contributed by atoms with van der Waals surface area (Å²) in [6, 6.07) is 6.30. The first-order valence-electron chi connectivity index (χ1n) is 6.51. The first-order valence-corrected chi connectivity index (χ1v) is 6.51. The molecule has 1 aromatic rings. The Bertz CT molecular complexity index is 455. The molecule has 1 rings (SSSR count). The lowest BCUT2D eigenvalue weighted by Gasteiger charge is -2.28. The lowest BCUT2D eigenvalue weighted by molar-refractivity contribution is -0.129. The number of nitrogens with one attached hydrogen (secondary N) is 1. The smallest absolute Gasteiger partial charge is 0.250 e. The third kappa shape index (κ3) is 4.04. The fraction of sp³-hybridized carbons (Fsp3) is 0.533. The Labute approximate surface area is 115 Å². The zero-order chi connectivity index (χ0) is 14.6. The molecule has 4 nitrogen and oxygen atoms in total. The van der Waals surface area contributed by atoms with Gasteiger partial charge in [-0.15, -0.1) is 0 Å². The quantitative estimate of drug-likeness (QED) is 0.743. The Hall–Kier alpha value is -1.39. The molecule has 0 heterocycles. The Balaban J connectivity index is 2.78. The van der Waals surface area contributed by atoms with Crippen molar-refractivity contribution in [3.63, 3.8) is 0 Å². The van der Waals surface area contributed by atoms with Crippen LogP contribution >= 0.6 is 0 Å². The molecule has 1 unspecified atom stereocenters. The number of amides is 1. The van der Waals surface area contributed by atoms with Crippen molar-refractivity contribution >= 4 is 5.91 Å². The highest BCUT2D eigenvalue weighted by atomic mass is 16.3.